The minimum Gasteiger partial charge on any atom is -0.489 e. The Morgan fingerprint density at radius 2 is 2.12 bits per heavy atom. The van der Waals surface area contributed by atoms with Crippen LogP contribution in [0.2, 0.25) is 5.02 Å². The highest BCUT2D eigenvalue weighted by Crippen LogP contribution is 2.24. The molecule has 0 fully saturated rings. The first kappa shape index (κ1) is 18.5. The first-order valence-corrected chi connectivity index (χ1v) is 9.22. The van der Waals surface area contributed by atoms with Crippen LogP contribution in [0.25, 0.3) is 0 Å². The van der Waals surface area contributed by atoms with Gasteiger partial charge in [-0.2, -0.15) is 5.10 Å². The van der Waals surface area contributed by atoms with Gasteiger partial charge in [0.05, 0.1) is 6.54 Å². The topological polar surface area (TPSA) is 54.9 Å². The minimum absolute atomic E-state index is 0.502. The Morgan fingerprint density at radius 1 is 1.27 bits per heavy atom. The Bertz CT molecular complexity index is 951. The number of nitrogens with zero attached hydrogens (tertiary/aromatic N) is 2. The summed E-state index contributed by atoms with van der Waals surface area (Å²) in [5.74, 6) is 1.63. The zero-order valence-corrected chi connectivity index (χ0v) is 16.3. The van der Waals surface area contributed by atoms with Crippen LogP contribution in [0.5, 0.6) is 5.75 Å². The fourth-order valence-electron chi connectivity index (χ4n) is 2.68. The second-order valence-electron chi connectivity index (χ2n) is 6.00. The molecule has 0 atom stereocenters. The lowest BCUT2D eigenvalue weighted by Crippen LogP contribution is -2.17. The Kier molecular flexibility index (Phi) is 5.96. The lowest BCUT2D eigenvalue weighted by atomic mass is 10.1. The molecule has 0 amide bonds. The number of halogens is 1. The van der Waals surface area contributed by atoms with Gasteiger partial charge in [0.25, 0.3) is 0 Å². The van der Waals surface area contributed by atoms with Crippen molar-refractivity contribution in [3.63, 3.8) is 0 Å². The molecule has 1 heterocycles. The summed E-state index contributed by atoms with van der Waals surface area (Å²) >= 11 is 11.4. The minimum atomic E-state index is 0.502. The maximum absolute atomic E-state index is 6.18. The number of nitrogens with one attached hydrogen (secondary N) is 2. The summed E-state index contributed by atoms with van der Waals surface area (Å²) in [6.07, 6.45) is 0.770. The van der Waals surface area contributed by atoms with Crippen molar-refractivity contribution in [1.82, 2.24) is 14.9 Å². The largest absolute Gasteiger partial charge is 0.489 e. The third kappa shape index (κ3) is 4.45. The molecule has 0 spiro atoms. The molecule has 5 nitrogen and oxygen atoms in total. The molecule has 0 aliphatic rings. The summed E-state index contributed by atoms with van der Waals surface area (Å²) < 4.78 is 8.34. The molecule has 3 aromatic rings. The first-order valence-electron chi connectivity index (χ1n) is 8.43. The number of ether oxygens (including phenoxy) is 1. The monoisotopic (exact) mass is 388 g/mol. The fourth-order valence-corrected chi connectivity index (χ4v) is 3.09. The van der Waals surface area contributed by atoms with E-state index in [1.54, 1.807) is 4.68 Å². The summed E-state index contributed by atoms with van der Waals surface area (Å²) in [6.45, 7) is 5.12. The number of aryl methyl sites for hydroxylation is 2. The normalized spacial score (nSPS) is 10.7. The standard InChI is InChI=1S/C19H21ClN4OS/c1-3-18-22-23-19(26)24(18)21-11-15-10-16(20)7-8-17(15)25-12-14-6-4-5-13(2)9-14/h4-10,21H,3,11-12H2,1-2H3,(H,23,26). The van der Waals surface area contributed by atoms with Crippen LogP contribution < -0.4 is 10.2 Å². The van der Waals surface area contributed by atoms with E-state index >= 15 is 0 Å². The number of hydrogen-bond donors (Lipinski definition) is 2. The Hall–Kier alpha value is -2.31. The molecule has 26 heavy (non-hydrogen) atoms. The number of H-pyrrole nitrogens is 1. The van der Waals surface area contributed by atoms with Crippen molar-refractivity contribution in [1.29, 1.82) is 0 Å². The molecule has 0 aliphatic heterocycles. The first-order chi connectivity index (χ1) is 12.6. The predicted molar refractivity (Wildman–Crippen MR) is 107 cm³/mol. The Labute approximate surface area is 162 Å². The van der Waals surface area contributed by atoms with Crippen molar-refractivity contribution in [2.45, 2.75) is 33.4 Å². The zero-order chi connectivity index (χ0) is 18.5. The Balaban J connectivity index is 1.75. The molecule has 0 aliphatic carbocycles. The van der Waals surface area contributed by atoms with Crippen LogP contribution in [0.15, 0.2) is 42.5 Å². The number of aromatic amines is 1. The van der Waals surface area contributed by atoms with Gasteiger partial charge in [-0.1, -0.05) is 48.4 Å². The van der Waals surface area contributed by atoms with Crippen molar-refractivity contribution in [2.75, 3.05) is 5.43 Å². The molecular weight excluding hydrogens is 368 g/mol. The molecule has 0 radical (unpaired) electrons. The average molecular weight is 389 g/mol. The van der Waals surface area contributed by atoms with E-state index in [1.165, 1.54) is 5.56 Å². The lowest BCUT2D eigenvalue weighted by Gasteiger charge is -2.14. The fraction of sp³-hybridized carbons (Fsp3) is 0.263. The van der Waals surface area contributed by atoms with Gasteiger partial charge in [-0.25, -0.2) is 4.68 Å². The van der Waals surface area contributed by atoms with Crippen LogP contribution in [0, 0.1) is 11.7 Å². The van der Waals surface area contributed by atoms with Crippen LogP contribution >= 0.6 is 23.8 Å². The van der Waals surface area contributed by atoms with E-state index in [4.69, 9.17) is 28.6 Å². The van der Waals surface area contributed by atoms with Crippen molar-refractivity contribution >= 4 is 23.8 Å². The maximum atomic E-state index is 6.18. The summed E-state index contributed by atoms with van der Waals surface area (Å²) in [5.41, 5.74) is 6.58. The molecular formula is C19H21ClN4OS. The SMILES string of the molecule is CCc1n[nH]c(=S)n1NCc1cc(Cl)ccc1OCc1cccc(C)c1. The van der Waals surface area contributed by atoms with Crippen molar-refractivity contribution in [3.05, 3.63) is 74.8 Å². The van der Waals surface area contributed by atoms with Crippen LogP contribution in [0.4, 0.5) is 0 Å². The van der Waals surface area contributed by atoms with Crippen molar-refractivity contribution < 1.29 is 4.74 Å². The van der Waals surface area contributed by atoms with Gasteiger partial charge in [0.15, 0.2) is 5.82 Å². The molecule has 136 valence electrons. The predicted octanol–water partition coefficient (Wildman–Crippen LogP) is 4.79. The molecule has 2 aromatic carbocycles. The molecule has 7 heteroatoms. The quantitative estimate of drug-likeness (QED) is 0.571. The third-order valence-corrected chi connectivity index (χ3v) is 4.49. The van der Waals surface area contributed by atoms with E-state index in [0.29, 0.717) is 22.9 Å². The second kappa shape index (κ2) is 8.38. The smallest absolute Gasteiger partial charge is 0.214 e. The van der Waals surface area contributed by atoms with E-state index < -0.39 is 0 Å². The summed E-state index contributed by atoms with van der Waals surface area (Å²) in [6, 6.07) is 13.9. The summed E-state index contributed by atoms with van der Waals surface area (Å²) in [4.78, 5) is 0. The van der Waals surface area contributed by atoms with Gasteiger partial charge in [0.2, 0.25) is 4.77 Å². The molecule has 3 rings (SSSR count). The van der Waals surface area contributed by atoms with E-state index in [2.05, 4.69) is 40.7 Å². The lowest BCUT2D eigenvalue weighted by molar-refractivity contribution is 0.303. The summed E-state index contributed by atoms with van der Waals surface area (Å²) in [7, 11) is 0. The van der Waals surface area contributed by atoms with E-state index in [-0.39, 0.29) is 0 Å². The van der Waals surface area contributed by atoms with Gasteiger partial charge in [0, 0.05) is 17.0 Å². The maximum Gasteiger partial charge on any atom is 0.214 e. The van der Waals surface area contributed by atoms with E-state index in [9.17, 15) is 0 Å². The highest BCUT2D eigenvalue weighted by atomic mass is 35.5. The van der Waals surface area contributed by atoms with Crippen LogP contribution in [0.3, 0.4) is 0 Å². The van der Waals surface area contributed by atoms with Crippen molar-refractivity contribution in [3.8, 4) is 5.75 Å². The molecule has 0 unspecified atom stereocenters. The highest BCUT2D eigenvalue weighted by Gasteiger charge is 2.08. The number of aromatic nitrogens is 3. The van der Waals surface area contributed by atoms with Crippen LogP contribution in [-0.2, 0) is 19.6 Å². The van der Waals surface area contributed by atoms with Gasteiger partial charge < -0.3 is 10.2 Å². The van der Waals surface area contributed by atoms with Crippen LogP contribution in [0.1, 0.15) is 29.4 Å². The van der Waals surface area contributed by atoms with Gasteiger partial charge in [-0.3, -0.25) is 5.10 Å². The molecule has 2 N–H and O–H groups in total. The number of rotatable bonds is 7. The van der Waals surface area contributed by atoms with Gasteiger partial charge in [-0.05, 0) is 42.9 Å². The number of hydrogen-bond acceptors (Lipinski definition) is 4. The molecule has 0 saturated heterocycles. The third-order valence-electron chi connectivity index (χ3n) is 3.99. The van der Waals surface area contributed by atoms with E-state index in [1.807, 2.05) is 31.2 Å². The van der Waals surface area contributed by atoms with E-state index in [0.717, 1.165) is 29.1 Å². The molecule has 0 bridgehead atoms. The van der Waals surface area contributed by atoms with Gasteiger partial charge in [0.1, 0.15) is 12.4 Å². The highest BCUT2D eigenvalue weighted by molar-refractivity contribution is 7.71. The molecule has 0 saturated carbocycles. The van der Waals surface area contributed by atoms with Gasteiger partial charge >= 0.3 is 0 Å². The van der Waals surface area contributed by atoms with Gasteiger partial charge in [-0.15, -0.1) is 0 Å². The van der Waals surface area contributed by atoms with Crippen LogP contribution in [-0.4, -0.2) is 14.9 Å². The zero-order valence-electron chi connectivity index (χ0n) is 14.8. The Morgan fingerprint density at radius 3 is 2.88 bits per heavy atom. The second-order valence-corrected chi connectivity index (χ2v) is 6.82. The number of benzene rings is 2. The average Bonchev–Trinajstić information content (AvgIpc) is 2.99. The summed E-state index contributed by atoms with van der Waals surface area (Å²) in [5, 5.41) is 7.66. The van der Waals surface area contributed by atoms with Crippen molar-refractivity contribution in [2.24, 2.45) is 0 Å². The molecule has 1 aromatic heterocycles.